The van der Waals surface area contributed by atoms with Crippen LogP contribution in [-0.2, 0) is 19.6 Å². The first-order valence-corrected chi connectivity index (χ1v) is 10.1. The fourth-order valence-corrected chi connectivity index (χ4v) is 4.14. The van der Waals surface area contributed by atoms with Crippen molar-refractivity contribution >= 4 is 22.0 Å². The third-order valence-corrected chi connectivity index (χ3v) is 6.16. The second-order valence-corrected chi connectivity index (χ2v) is 8.10. The van der Waals surface area contributed by atoms with Crippen LogP contribution in [0, 0.1) is 0 Å². The lowest BCUT2D eigenvalue weighted by molar-refractivity contribution is -0.117. The van der Waals surface area contributed by atoms with Gasteiger partial charge in [-0.25, -0.2) is 8.42 Å². The summed E-state index contributed by atoms with van der Waals surface area (Å²) in [6.45, 7) is 3.36. The van der Waals surface area contributed by atoms with Crippen LogP contribution in [-0.4, -0.2) is 44.9 Å². The molecule has 1 aliphatic rings. The van der Waals surface area contributed by atoms with Crippen molar-refractivity contribution in [1.82, 2.24) is 9.62 Å². The summed E-state index contributed by atoms with van der Waals surface area (Å²) in [6, 6.07) is 9.77. The van der Waals surface area contributed by atoms with Gasteiger partial charge < -0.3 is 14.5 Å². The lowest BCUT2D eigenvalue weighted by Gasteiger charge is -2.26. The van der Waals surface area contributed by atoms with Crippen LogP contribution >= 0.6 is 0 Å². The standard InChI is InChI=1S/C19H22N2O5S/c1-15(18-3-2-12-26-18)20-19(22)9-6-16-4-7-17(8-5-16)27(23,24)21-10-13-25-14-11-21/h2-9,12,15H,10-11,13-14H2,1H3,(H,20,22)/b9-6+/t15-/m0/s1. The fourth-order valence-electron chi connectivity index (χ4n) is 2.73. The maximum atomic E-state index is 12.6. The molecule has 0 spiro atoms. The molecule has 7 nitrogen and oxygen atoms in total. The first-order chi connectivity index (χ1) is 13.0. The summed E-state index contributed by atoms with van der Waals surface area (Å²) in [5.74, 6) is 0.415. The summed E-state index contributed by atoms with van der Waals surface area (Å²) in [6.07, 6.45) is 4.60. The van der Waals surface area contributed by atoms with Gasteiger partial charge in [0.15, 0.2) is 0 Å². The van der Waals surface area contributed by atoms with E-state index in [0.29, 0.717) is 32.1 Å². The topological polar surface area (TPSA) is 88.9 Å². The number of hydrogen-bond donors (Lipinski definition) is 1. The van der Waals surface area contributed by atoms with Crippen LogP contribution in [0.5, 0.6) is 0 Å². The number of amides is 1. The minimum atomic E-state index is -3.51. The number of sulfonamides is 1. The number of carbonyl (C=O) groups is 1. The zero-order chi connectivity index (χ0) is 19.3. The molecule has 0 radical (unpaired) electrons. The highest BCUT2D eigenvalue weighted by Crippen LogP contribution is 2.18. The summed E-state index contributed by atoms with van der Waals surface area (Å²) in [7, 11) is -3.51. The Morgan fingerprint density at radius 3 is 2.52 bits per heavy atom. The Kier molecular flexibility index (Phi) is 6.10. The molecule has 1 aromatic heterocycles. The van der Waals surface area contributed by atoms with Gasteiger partial charge in [-0.05, 0) is 42.8 Å². The van der Waals surface area contributed by atoms with Crippen molar-refractivity contribution in [2.24, 2.45) is 0 Å². The summed E-state index contributed by atoms with van der Waals surface area (Å²) in [4.78, 5) is 12.2. The van der Waals surface area contributed by atoms with Crippen LogP contribution in [0.4, 0.5) is 0 Å². The molecule has 0 saturated carbocycles. The van der Waals surface area contributed by atoms with Crippen molar-refractivity contribution in [1.29, 1.82) is 0 Å². The zero-order valence-electron chi connectivity index (χ0n) is 15.0. The van der Waals surface area contributed by atoms with Gasteiger partial charge in [0.05, 0.1) is 30.4 Å². The van der Waals surface area contributed by atoms with E-state index in [-0.39, 0.29) is 16.8 Å². The molecule has 1 amide bonds. The molecule has 1 aliphatic heterocycles. The molecule has 144 valence electrons. The highest BCUT2D eigenvalue weighted by Gasteiger charge is 2.25. The van der Waals surface area contributed by atoms with E-state index in [1.54, 1.807) is 48.7 Å². The molecule has 1 saturated heterocycles. The van der Waals surface area contributed by atoms with Gasteiger partial charge in [0.2, 0.25) is 15.9 Å². The van der Waals surface area contributed by atoms with Gasteiger partial charge >= 0.3 is 0 Å². The van der Waals surface area contributed by atoms with Gasteiger partial charge in [-0.3, -0.25) is 4.79 Å². The largest absolute Gasteiger partial charge is 0.467 e. The van der Waals surface area contributed by atoms with Crippen LogP contribution in [0.15, 0.2) is 58.1 Å². The Balaban J connectivity index is 1.61. The SMILES string of the molecule is C[C@H](NC(=O)/C=C/c1ccc(S(=O)(=O)N2CCOCC2)cc1)c1ccco1. The minimum absolute atomic E-state index is 0.234. The molecule has 1 N–H and O–H groups in total. The lowest BCUT2D eigenvalue weighted by atomic mass is 10.2. The molecule has 1 fully saturated rings. The molecule has 0 aliphatic carbocycles. The van der Waals surface area contributed by atoms with E-state index in [0.717, 1.165) is 5.56 Å². The number of ether oxygens (including phenoxy) is 1. The molecular formula is C19H22N2O5S. The van der Waals surface area contributed by atoms with E-state index in [2.05, 4.69) is 5.32 Å². The molecule has 1 aromatic carbocycles. The minimum Gasteiger partial charge on any atom is -0.467 e. The molecule has 0 unspecified atom stereocenters. The molecular weight excluding hydrogens is 368 g/mol. The monoisotopic (exact) mass is 390 g/mol. The fraction of sp³-hybridized carbons (Fsp3) is 0.316. The van der Waals surface area contributed by atoms with Gasteiger partial charge in [0, 0.05) is 19.2 Å². The predicted octanol–water partition coefficient (Wildman–Crippen LogP) is 2.19. The molecule has 1 atom stereocenters. The predicted molar refractivity (Wildman–Crippen MR) is 100 cm³/mol. The maximum absolute atomic E-state index is 12.6. The second kappa shape index (κ2) is 8.51. The number of nitrogens with one attached hydrogen (secondary N) is 1. The summed E-state index contributed by atoms with van der Waals surface area (Å²) >= 11 is 0. The molecule has 2 aromatic rings. The first-order valence-electron chi connectivity index (χ1n) is 8.67. The second-order valence-electron chi connectivity index (χ2n) is 6.16. The Bertz CT molecular complexity index is 883. The summed E-state index contributed by atoms with van der Waals surface area (Å²) in [5, 5.41) is 2.80. The first kappa shape index (κ1) is 19.3. The van der Waals surface area contributed by atoms with Crippen molar-refractivity contribution in [2.45, 2.75) is 17.9 Å². The van der Waals surface area contributed by atoms with Gasteiger partial charge in [-0.1, -0.05) is 12.1 Å². The molecule has 3 rings (SSSR count). The van der Waals surface area contributed by atoms with Crippen molar-refractivity contribution in [2.75, 3.05) is 26.3 Å². The Morgan fingerprint density at radius 2 is 1.89 bits per heavy atom. The van der Waals surface area contributed by atoms with Crippen molar-refractivity contribution in [3.05, 3.63) is 60.1 Å². The van der Waals surface area contributed by atoms with E-state index < -0.39 is 10.0 Å². The third-order valence-electron chi connectivity index (χ3n) is 4.24. The number of rotatable bonds is 6. The number of nitrogens with zero attached hydrogens (tertiary/aromatic N) is 1. The van der Waals surface area contributed by atoms with E-state index in [9.17, 15) is 13.2 Å². The Labute approximate surface area is 158 Å². The van der Waals surface area contributed by atoms with Crippen LogP contribution in [0.1, 0.15) is 24.3 Å². The van der Waals surface area contributed by atoms with Crippen molar-refractivity contribution in [3.8, 4) is 0 Å². The highest BCUT2D eigenvalue weighted by atomic mass is 32.2. The summed E-state index contributed by atoms with van der Waals surface area (Å²) in [5.41, 5.74) is 0.733. The van der Waals surface area contributed by atoms with Gasteiger partial charge in [-0.15, -0.1) is 0 Å². The van der Waals surface area contributed by atoms with Crippen molar-refractivity contribution in [3.63, 3.8) is 0 Å². The van der Waals surface area contributed by atoms with E-state index >= 15 is 0 Å². The molecule has 8 heteroatoms. The number of carbonyl (C=O) groups excluding carboxylic acids is 1. The molecule has 2 heterocycles. The normalized spacial score (nSPS) is 17.1. The van der Waals surface area contributed by atoms with Crippen molar-refractivity contribution < 1.29 is 22.4 Å². The quantitative estimate of drug-likeness (QED) is 0.764. The van der Waals surface area contributed by atoms with E-state index in [4.69, 9.17) is 9.15 Å². The zero-order valence-corrected chi connectivity index (χ0v) is 15.8. The third kappa shape index (κ3) is 4.85. The Hall–Kier alpha value is -2.42. The molecule has 0 bridgehead atoms. The Morgan fingerprint density at radius 1 is 1.19 bits per heavy atom. The van der Waals surface area contributed by atoms with Crippen LogP contribution < -0.4 is 5.32 Å². The van der Waals surface area contributed by atoms with E-state index in [1.165, 1.54) is 10.4 Å². The van der Waals surface area contributed by atoms with Crippen LogP contribution in [0.3, 0.4) is 0 Å². The molecule has 27 heavy (non-hydrogen) atoms. The smallest absolute Gasteiger partial charge is 0.244 e. The van der Waals surface area contributed by atoms with Gasteiger partial charge in [0.25, 0.3) is 0 Å². The maximum Gasteiger partial charge on any atom is 0.244 e. The van der Waals surface area contributed by atoms with Gasteiger partial charge in [-0.2, -0.15) is 4.31 Å². The summed E-state index contributed by atoms with van der Waals surface area (Å²) < 4.78 is 37.0. The van der Waals surface area contributed by atoms with Gasteiger partial charge in [0.1, 0.15) is 5.76 Å². The van der Waals surface area contributed by atoms with Crippen LogP contribution in [0.2, 0.25) is 0 Å². The van der Waals surface area contributed by atoms with Crippen LogP contribution in [0.25, 0.3) is 6.08 Å². The van der Waals surface area contributed by atoms with E-state index in [1.807, 2.05) is 6.92 Å². The number of hydrogen-bond acceptors (Lipinski definition) is 5. The lowest BCUT2D eigenvalue weighted by Crippen LogP contribution is -2.40. The number of furan rings is 1. The highest BCUT2D eigenvalue weighted by molar-refractivity contribution is 7.89. The number of morpholine rings is 1. The average Bonchev–Trinajstić information content (AvgIpc) is 3.22. The average molecular weight is 390 g/mol. The number of benzene rings is 1.